The fourth-order valence-corrected chi connectivity index (χ4v) is 4.34. The summed E-state index contributed by atoms with van der Waals surface area (Å²) in [5, 5.41) is 2.92. The number of amidine groups is 1. The van der Waals surface area contributed by atoms with E-state index < -0.39 is 16.1 Å². The van der Waals surface area contributed by atoms with Gasteiger partial charge in [0.1, 0.15) is 11.9 Å². The van der Waals surface area contributed by atoms with Crippen LogP contribution >= 0.6 is 0 Å². The van der Waals surface area contributed by atoms with Crippen molar-refractivity contribution in [3.05, 3.63) is 65.7 Å². The molecule has 0 aliphatic carbocycles. The summed E-state index contributed by atoms with van der Waals surface area (Å²) in [5.41, 5.74) is 1.59. The summed E-state index contributed by atoms with van der Waals surface area (Å²) in [6.07, 6.45) is 0. The Morgan fingerprint density at radius 3 is 2.43 bits per heavy atom. The first-order chi connectivity index (χ1) is 13.3. The lowest BCUT2D eigenvalue weighted by Gasteiger charge is -2.25. The van der Waals surface area contributed by atoms with Crippen LogP contribution in [0.2, 0.25) is 0 Å². The van der Waals surface area contributed by atoms with Gasteiger partial charge in [0, 0.05) is 12.1 Å². The predicted octanol–water partition coefficient (Wildman–Crippen LogP) is 1.53. The molecule has 2 atom stereocenters. The van der Waals surface area contributed by atoms with Crippen LogP contribution in [0, 0.1) is 0 Å². The van der Waals surface area contributed by atoms with Crippen molar-refractivity contribution in [2.75, 3.05) is 20.6 Å². The van der Waals surface area contributed by atoms with Gasteiger partial charge in [-0.05, 0) is 38.7 Å². The van der Waals surface area contributed by atoms with E-state index in [1.165, 1.54) is 6.07 Å². The Balaban J connectivity index is 1.71. The minimum atomic E-state index is -3.62. The molecule has 0 bridgehead atoms. The average molecular weight is 401 g/mol. The molecule has 2 aromatic carbocycles. The van der Waals surface area contributed by atoms with Gasteiger partial charge in [0.25, 0.3) is 10.0 Å². The van der Waals surface area contributed by atoms with Crippen molar-refractivity contribution in [2.24, 2.45) is 4.99 Å². The highest BCUT2D eigenvalue weighted by Crippen LogP contribution is 2.22. The number of nitrogens with zero attached hydrogens (tertiary/aromatic N) is 2. The molecule has 1 aliphatic rings. The molecular formula is C20H24N4O3S. The van der Waals surface area contributed by atoms with Crippen LogP contribution in [0.4, 0.5) is 0 Å². The lowest BCUT2D eigenvalue weighted by Crippen LogP contribution is -2.39. The zero-order valence-electron chi connectivity index (χ0n) is 16.1. The summed E-state index contributed by atoms with van der Waals surface area (Å²) in [6.45, 7) is 2.07. The van der Waals surface area contributed by atoms with Crippen LogP contribution in [0.25, 0.3) is 0 Å². The van der Waals surface area contributed by atoms with Crippen molar-refractivity contribution in [1.29, 1.82) is 0 Å². The van der Waals surface area contributed by atoms with Crippen molar-refractivity contribution >= 4 is 21.8 Å². The van der Waals surface area contributed by atoms with Gasteiger partial charge >= 0.3 is 0 Å². The quantitative estimate of drug-likeness (QED) is 0.769. The fourth-order valence-electron chi connectivity index (χ4n) is 3.10. The van der Waals surface area contributed by atoms with Crippen molar-refractivity contribution in [3.63, 3.8) is 0 Å². The molecule has 3 rings (SSSR count). The smallest absolute Gasteiger partial charge is 0.263 e. The first kappa shape index (κ1) is 20.0. The van der Waals surface area contributed by atoms with Crippen molar-refractivity contribution in [2.45, 2.75) is 23.9 Å². The molecule has 148 valence electrons. The predicted molar refractivity (Wildman–Crippen MR) is 109 cm³/mol. The maximum absolute atomic E-state index is 12.5. The van der Waals surface area contributed by atoms with Gasteiger partial charge in [-0.3, -0.25) is 14.5 Å². The molecule has 1 heterocycles. The van der Waals surface area contributed by atoms with E-state index >= 15 is 0 Å². The highest BCUT2D eigenvalue weighted by Gasteiger charge is 2.31. The number of carbonyl (C=O) groups is 1. The largest absolute Gasteiger partial charge is 0.352 e. The second-order valence-corrected chi connectivity index (χ2v) is 8.54. The van der Waals surface area contributed by atoms with E-state index in [4.69, 9.17) is 0 Å². The maximum Gasteiger partial charge on any atom is 0.263 e. The number of carbonyl (C=O) groups excluding carboxylic acids is 1. The molecule has 0 spiro atoms. The number of likely N-dealkylation sites (N-methyl/N-ethyl adjacent to an activating group) is 1. The van der Waals surface area contributed by atoms with Gasteiger partial charge in [-0.1, -0.05) is 42.5 Å². The summed E-state index contributed by atoms with van der Waals surface area (Å²) in [5.74, 6) is -0.0654. The van der Waals surface area contributed by atoms with E-state index in [9.17, 15) is 13.2 Å². The molecule has 0 saturated heterocycles. The SMILES string of the molecule is CC(N=C1NS(=O)(=O)c2ccccc21)C(=O)NCC(c1ccccc1)N(C)C. The second-order valence-electron chi connectivity index (χ2n) is 6.89. The number of hydrogen-bond acceptors (Lipinski definition) is 5. The Hall–Kier alpha value is -2.71. The topological polar surface area (TPSA) is 90.9 Å². The average Bonchev–Trinajstić information content (AvgIpc) is 2.93. The lowest BCUT2D eigenvalue weighted by molar-refractivity contribution is -0.122. The Kier molecular flexibility index (Phi) is 5.81. The zero-order chi connectivity index (χ0) is 20.3. The van der Waals surface area contributed by atoms with Crippen LogP contribution in [-0.4, -0.2) is 51.7 Å². The monoisotopic (exact) mass is 400 g/mol. The second kappa shape index (κ2) is 8.12. The number of nitrogens with one attached hydrogen (secondary N) is 2. The normalized spacial score (nSPS) is 18.4. The number of benzene rings is 2. The Labute approximate surface area is 165 Å². The Morgan fingerprint density at radius 1 is 1.11 bits per heavy atom. The van der Waals surface area contributed by atoms with Crippen LogP contribution in [0.5, 0.6) is 0 Å². The van der Waals surface area contributed by atoms with Crippen LogP contribution in [0.1, 0.15) is 24.1 Å². The standard InChI is InChI=1S/C20H24N4O3S/c1-14(22-19-16-11-7-8-12-18(16)28(26,27)23-19)20(25)21-13-17(24(2)3)15-9-5-4-6-10-15/h4-12,14,17H,13H2,1-3H3,(H,21,25)(H,22,23). The van der Waals surface area contributed by atoms with Gasteiger partial charge in [0.05, 0.1) is 10.9 Å². The summed E-state index contributed by atoms with van der Waals surface area (Å²) in [7, 11) is 0.294. The van der Waals surface area contributed by atoms with E-state index in [-0.39, 0.29) is 22.7 Å². The molecule has 2 aromatic rings. The Bertz CT molecular complexity index is 988. The number of hydrogen-bond donors (Lipinski definition) is 2. The van der Waals surface area contributed by atoms with Gasteiger partial charge < -0.3 is 10.2 Å². The molecule has 0 radical (unpaired) electrons. The highest BCUT2D eigenvalue weighted by molar-refractivity contribution is 7.90. The molecule has 7 nitrogen and oxygen atoms in total. The third-order valence-electron chi connectivity index (χ3n) is 4.64. The Morgan fingerprint density at radius 2 is 1.75 bits per heavy atom. The minimum Gasteiger partial charge on any atom is -0.352 e. The van der Waals surface area contributed by atoms with Crippen molar-refractivity contribution < 1.29 is 13.2 Å². The number of amides is 1. The molecule has 0 saturated carbocycles. The van der Waals surface area contributed by atoms with E-state index in [0.717, 1.165) is 5.56 Å². The lowest BCUT2D eigenvalue weighted by atomic mass is 10.1. The molecule has 28 heavy (non-hydrogen) atoms. The molecular weight excluding hydrogens is 376 g/mol. The number of aliphatic imine (C=N–C) groups is 1. The van der Waals surface area contributed by atoms with Crippen LogP contribution in [0.3, 0.4) is 0 Å². The molecule has 0 fully saturated rings. The summed E-state index contributed by atoms with van der Waals surface area (Å²) in [4.78, 5) is 19.1. The minimum absolute atomic E-state index is 0.0238. The van der Waals surface area contributed by atoms with E-state index in [1.807, 2.05) is 49.3 Å². The van der Waals surface area contributed by atoms with E-state index in [1.54, 1.807) is 25.1 Å². The van der Waals surface area contributed by atoms with Gasteiger partial charge in [0.2, 0.25) is 5.91 Å². The van der Waals surface area contributed by atoms with E-state index in [0.29, 0.717) is 12.1 Å². The van der Waals surface area contributed by atoms with Crippen LogP contribution in [0.15, 0.2) is 64.5 Å². The summed E-state index contributed by atoms with van der Waals surface area (Å²) in [6, 6.07) is 15.8. The molecule has 2 unspecified atom stereocenters. The number of fused-ring (bicyclic) bond motifs is 1. The summed E-state index contributed by atoms with van der Waals surface area (Å²) < 4.78 is 26.8. The summed E-state index contributed by atoms with van der Waals surface area (Å²) >= 11 is 0. The number of sulfonamides is 1. The number of rotatable bonds is 6. The zero-order valence-corrected chi connectivity index (χ0v) is 16.9. The van der Waals surface area contributed by atoms with Crippen LogP contribution in [-0.2, 0) is 14.8 Å². The third-order valence-corrected chi connectivity index (χ3v) is 6.04. The third kappa shape index (κ3) is 4.23. The highest BCUT2D eigenvalue weighted by atomic mass is 32.2. The molecule has 2 N–H and O–H groups in total. The molecule has 1 aliphatic heterocycles. The fraction of sp³-hybridized carbons (Fsp3) is 0.300. The first-order valence-electron chi connectivity index (χ1n) is 8.98. The first-order valence-corrected chi connectivity index (χ1v) is 10.5. The van der Waals surface area contributed by atoms with Gasteiger partial charge in [-0.25, -0.2) is 8.42 Å². The van der Waals surface area contributed by atoms with Crippen molar-refractivity contribution in [3.8, 4) is 0 Å². The van der Waals surface area contributed by atoms with E-state index in [2.05, 4.69) is 15.0 Å². The maximum atomic E-state index is 12.5. The molecule has 8 heteroatoms. The van der Waals surface area contributed by atoms with Gasteiger partial charge in [0.15, 0.2) is 0 Å². The van der Waals surface area contributed by atoms with Gasteiger partial charge in [-0.2, -0.15) is 0 Å². The molecule has 0 aromatic heterocycles. The molecule has 1 amide bonds. The van der Waals surface area contributed by atoms with Crippen LogP contribution < -0.4 is 10.0 Å². The van der Waals surface area contributed by atoms with Crippen molar-refractivity contribution in [1.82, 2.24) is 14.9 Å². The van der Waals surface area contributed by atoms with Gasteiger partial charge in [-0.15, -0.1) is 0 Å².